The average molecular weight is 214 g/mol. The molecule has 0 fully saturated rings. The third-order valence-corrected chi connectivity index (χ3v) is 2.97. The van der Waals surface area contributed by atoms with Gasteiger partial charge in [0.05, 0.1) is 0 Å². The summed E-state index contributed by atoms with van der Waals surface area (Å²) < 4.78 is 0. The normalized spacial score (nSPS) is 15.9. The zero-order valence-electron chi connectivity index (χ0n) is 10.1. The minimum absolute atomic E-state index is 0.130. The van der Waals surface area contributed by atoms with Crippen LogP contribution in [-0.2, 0) is 0 Å². The molecule has 0 heterocycles. The summed E-state index contributed by atoms with van der Waals surface area (Å²) in [5, 5.41) is 9.89. The number of rotatable bonds is 1. The van der Waals surface area contributed by atoms with Gasteiger partial charge in [-0.05, 0) is 29.0 Å². The Bertz CT molecular complexity index is 459. The van der Waals surface area contributed by atoms with Crippen LogP contribution in [0.4, 0.5) is 0 Å². The Morgan fingerprint density at radius 1 is 1.12 bits per heavy atom. The molecular formula is C15H18O. The van der Waals surface area contributed by atoms with Crippen LogP contribution in [0.5, 0.6) is 5.75 Å². The van der Waals surface area contributed by atoms with Crippen molar-refractivity contribution in [2.75, 3.05) is 0 Å². The molecule has 1 aliphatic carbocycles. The minimum Gasteiger partial charge on any atom is -0.507 e. The Kier molecular flexibility index (Phi) is 2.63. The number of para-hydroxylation sites is 1. The highest BCUT2D eigenvalue weighted by Gasteiger charge is 2.23. The van der Waals surface area contributed by atoms with Crippen LogP contribution >= 0.6 is 0 Å². The summed E-state index contributed by atoms with van der Waals surface area (Å²) in [5.74, 6) is 0.378. The molecule has 0 aromatic heterocycles. The fourth-order valence-corrected chi connectivity index (χ4v) is 2.19. The van der Waals surface area contributed by atoms with Crippen molar-refractivity contribution < 1.29 is 5.11 Å². The quantitative estimate of drug-likeness (QED) is 0.744. The summed E-state index contributed by atoms with van der Waals surface area (Å²) in [6, 6.07) is 7.57. The van der Waals surface area contributed by atoms with E-state index in [0.29, 0.717) is 5.75 Å². The first-order valence-electron chi connectivity index (χ1n) is 5.68. The van der Waals surface area contributed by atoms with Crippen LogP contribution < -0.4 is 0 Å². The fraction of sp³-hybridized carbons (Fsp3) is 0.333. The summed E-state index contributed by atoms with van der Waals surface area (Å²) in [6.07, 6.45) is 5.27. The second-order valence-electron chi connectivity index (χ2n) is 5.27. The third-order valence-electron chi connectivity index (χ3n) is 2.97. The van der Waals surface area contributed by atoms with Gasteiger partial charge in [-0.15, -0.1) is 0 Å². The van der Waals surface area contributed by atoms with Gasteiger partial charge in [-0.25, -0.2) is 0 Å². The van der Waals surface area contributed by atoms with E-state index in [9.17, 15) is 5.11 Å². The molecule has 1 aliphatic rings. The summed E-state index contributed by atoms with van der Waals surface area (Å²) in [7, 11) is 0. The fourth-order valence-electron chi connectivity index (χ4n) is 2.19. The van der Waals surface area contributed by atoms with Gasteiger partial charge in [-0.2, -0.15) is 0 Å². The van der Waals surface area contributed by atoms with E-state index in [4.69, 9.17) is 0 Å². The molecule has 0 amide bonds. The molecule has 1 aromatic rings. The Balaban J connectivity index is 2.53. The number of allylic oxidation sites excluding steroid dienone is 4. The van der Waals surface area contributed by atoms with Crippen LogP contribution in [0.3, 0.4) is 0 Å². The maximum Gasteiger partial charge on any atom is 0.123 e. The van der Waals surface area contributed by atoms with Gasteiger partial charge in [0.15, 0.2) is 0 Å². The second-order valence-corrected chi connectivity index (χ2v) is 5.27. The molecule has 1 nitrogen and oxygen atoms in total. The first kappa shape index (κ1) is 11.0. The van der Waals surface area contributed by atoms with Crippen LogP contribution in [0.2, 0.25) is 0 Å². The third kappa shape index (κ3) is 1.90. The van der Waals surface area contributed by atoms with Crippen molar-refractivity contribution in [3.8, 4) is 5.75 Å². The Labute approximate surface area is 97.1 Å². The molecule has 0 saturated heterocycles. The minimum atomic E-state index is 0.130. The van der Waals surface area contributed by atoms with Crippen LogP contribution in [0.25, 0.3) is 5.57 Å². The van der Waals surface area contributed by atoms with Gasteiger partial charge in [0.2, 0.25) is 0 Å². The maximum atomic E-state index is 9.89. The van der Waals surface area contributed by atoms with E-state index in [1.165, 1.54) is 11.1 Å². The molecule has 1 N–H and O–H groups in total. The molecule has 1 aromatic carbocycles. The topological polar surface area (TPSA) is 20.2 Å². The lowest BCUT2D eigenvalue weighted by molar-refractivity contribution is 0.473. The van der Waals surface area contributed by atoms with Crippen LogP contribution in [-0.4, -0.2) is 5.11 Å². The zero-order valence-corrected chi connectivity index (χ0v) is 10.1. The molecule has 0 unspecified atom stereocenters. The van der Waals surface area contributed by atoms with E-state index in [0.717, 1.165) is 12.0 Å². The van der Waals surface area contributed by atoms with Gasteiger partial charge in [0.1, 0.15) is 5.75 Å². The first-order chi connectivity index (χ1) is 7.50. The molecule has 16 heavy (non-hydrogen) atoms. The van der Waals surface area contributed by atoms with Crippen molar-refractivity contribution in [2.45, 2.75) is 27.2 Å². The van der Waals surface area contributed by atoms with Crippen molar-refractivity contribution in [1.29, 1.82) is 0 Å². The molecule has 0 spiro atoms. The molecular weight excluding hydrogens is 196 g/mol. The first-order valence-corrected chi connectivity index (χ1v) is 5.68. The van der Waals surface area contributed by atoms with Crippen molar-refractivity contribution >= 4 is 5.57 Å². The monoisotopic (exact) mass is 214 g/mol. The summed E-state index contributed by atoms with van der Waals surface area (Å²) in [4.78, 5) is 0. The van der Waals surface area contributed by atoms with E-state index >= 15 is 0 Å². The molecule has 0 saturated carbocycles. The maximum absolute atomic E-state index is 9.89. The SMILES string of the molecule is CC(C)(C)C1=C(c2ccccc2O)CC=C1. The Morgan fingerprint density at radius 3 is 2.44 bits per heavy atom. The molecule has 0 bridgehead atoms. The molecule has 2 rings (SSSR count). The molecule has 1 heteroatoms. The molecule has 0 aliphatic heterocycles. The zero-order chi connectivity index (χ0) is 11.8. The Hall–Kier alpha value is -1.50. The number of phenols is 1. The predicted octanol–water partition coefficient (Wildman–Crippen LogP) is 4.15. The van der Waals surface area contributed by atoms with Gasteiger partial charge < -0.3 is 5.11 Å². The van der Waals surface area contributed by atoms with Gasteiger partial charge in [-0.3, -0.25) is 0 Å². The predicted molar refractivity (Wildman–Crippen MR) is 68.2 cm³/mol. The highest BCUT2D eigenvalue weighted by atomic mass is 16.3. The van der Waals surface area contributed by atoms with E-state index in [2.05, 4.69) is 32.9 Å². The molecule has 0 atom stereocenters. The van der Waals surface area contributed by atoms with Gasteiger partial charge in [0, 0.05) is 5.56 Å². The van der Waals surface area contributed by atoms with E-state index < -0.39 is 0 Å². The highest BCUT2D eigenvalue weighted by Crippen LogP contribution is 2.41. The number of aromatic hydroxyl groups is 1. The lowest BCUT2D eigenvalue weighted by Gasteiger charge is -2.22. The van der Waals surface area contributed by atoms with Gasteiger partial charge >= 0.3 is 0 Å². The highest BCUT2D eigenvalue weighted by molar-refractivity contribution is 5.78. The number of benzene rings is 1. The number of phenolic OH excluding ortho intramolecular Hbond substituents is 1. The smallest absolute Gasteiger partial charge is 0.123 e. The standard InChI is InChI=1S/C15H18O/c1-15(2,3)13-9-6-8-11(13)12-7-4-5-10-14(12)16/h4-7,9-10,16H,8H2,1-3H3. The number of hydrogen-bond acceptors (Lipinski definition) is 1. The van der Waals surface area contributed by atoms with Crippen LogP contribution in [0.15, 0.2) is 42.0 Å². The van der Waals surface area contributed by atoms with Crippen LogP contribution in [0, 0.1) is 5.41 Å². The second kappa shape index (κ2) is 3.82. The van der Waals surface area contributed by atoms with E-state index in [-0.39, 0.29) is 5.41 Å². The summed E-state index contributed by atoms with van der Waals surface area (Å²) in [6.45, 7) is 6.62. The van der Waals surface area contributed by atoms with E-state index in [1.807, 2.05) is 18.2 Å². The molecule has 0 radical (unpaired) electrons. The van der Waals surface area contributed by atoms with Crippen LogP contribution in [0.1, 0.15) is 32.8 Å². The van der Waals surface area contributed by atoms with Crippen molar-refractivity contribution in [3.05, 3.63) is 47.6 Å². The van der Waals surface area contributed by atoms with Crippen molar-refractivity contribution in [1.82, 2.24) is 0 Å². The van der Waals surface area contributed by atoms with E-state index in [1.54, 1.807) is 6.07 Å². The van der Waals surface area contributed by atoms with Gasteiger partial charge in [-0.1, -0.05) is 51.1 Å². The number of hydrogen-bond donors (Lipinski definition) is 1. The molecule has 84 valence electrons. The van der Waals surface area contributed by atoms with Gasteiger partial charge in [0.25, 0.3) is 0 Å². The Morgan fingerprint density at radius 2 is 1.81 bits per heavy atom. The lowest BCUT2D eigenvalue weighted by atomic mass is 9.83. The van der Waals surface area contributed by atoms with Crippen molar-refractivity contribution in [2.24, 2.45) is 5.41 Å². The lowest BCUT2D eigenvalue weighted by Crippen LogP contribution is -2.08. The van der Waals surface area contributed by atoms with Crippen molar-refractivity contribution in [3.63, 3.8) is 0 Å². The summed E-state index contributed by atoms with van der Waals surface area (Å²) >= 11 is 0. The summed E-state index contributed by atoms with van der Waals surface area (Å²) in [5.41, 5.74) is 3.68. The average Bonchev–Trinajstić information content (AvgIpc) is 2.66. The largest absolute Gasteiger partial charge is 0.507 e.